The molecule has 0 N–H and O–H groups in total. The summed E-state index contributed by atoms with van der Waals surface area (Å²) in [7, 11) is -2.24. The van der Waals surface area contributed by atoms with Crippen molar-refractivity contribution in [3.63, 3.8) is 0 Å². The average Bonchev–Trinajstić information content (AvgIpc) is 3.45. The molecule has 7 nitrogen and oxygen atoms in total. The van der Waals surface area contributed by atoms with Gasteiger partial charge >= 0.3 is 0 Å². The zero-order valence-electron chi connectivity index (χ0n) is 23.7. The van der Waals surface area contributed by atoms with E-state index < -0.39 is 15.8 Å². The molecule has 5 aromatic rings. The van der Waals surface area contributed by atoms with E-state index in [1.165, 1.54) is 36.3 Å². The molecule has 3 aromatic carbocycles. The van der Waals surface area contributed by atoms with Crippen LogP contribution in [0.3, 0.4) is 0 Å². The van der Waals surface area contributed by atoms with E-state index in [9.17, 15) is 17.6 Å². The summed E-state index contributed by atoms with van der Waals surface area (Å²) >= 11 is 0. The van der Waals surface area contributed by atoms with E-state index >= 15 is 0 Å². The Kier molecular flexibility index (Phi) is 7.92. The maximum atomic E-state index is 14.9. The summed E-state index contributed by atoms with van der Waals surface area (Å²) in [4.78, 5) is 21.3. The van der Waals surface area contributed by atoms with Crippen molar-refractivity contribution in [2.24, 2.45) is 0 Å². The second kappa shape index (κ2) is 11.9. The maximum absolute atomic E-state index is 14.9. The molecule has 6 rings (SSSR count). The first kappa shape index (κ1) is 28.5. The van der Waals surface area contributed by atoms with Crippen molar-refractivity contribution in [3.05, 3.63) is 144 Å². The SMILES string of the molecule is CN(CC(=O)N1Cc2ccccc2C(c2ccccc2)C1)Cc1cc(-c2ccccc2F)n(S(=O)(=O)c2cccnc2)c1. The van der Waals surface area contributed by atoms with Crippen LogP contribution in [0.5, 0.6) is 0 Å². The highest BCUT2D eigenvalue weighted by atomic mass is 32.2. The van der Waals surface area contributed by atoms with Crippen molar-refractivity contribution in [3.8, 4) is 11.3 Å². The lowest BCUT2D eigenvalue weighted by molar-refractivity contribution is -0.133. The topological polar surface area (TPSA) is 75.5 Å². The predicted molar refractivity (Wildman–Crippen MR) is 163 cm³/mol. The van der Waals surface area contributed by atoms with Gasteiger partial charge in [-0.1, -0.05) is 66.7 Å². The van der Waals surface area contributed by atoms with Crippen LogP contribution in [0.1, 0.15) is 28.2 Å². The number of amides is 1. The Bertz CT molecular complexity index is 1860. The van der Waals surface area contributed by atoms with Crippen LogP contribution in [-0.2, 0) is 27.9 Å². The normalized spacial score (nSPS) is 15.0. The van der Waals surface area contributed by atoms with E-state index in [0.29, 0.717) is 18.7 Å². The highest BCUT2D eigenvalue weighted by Gasteiger charge is 2.30. The molecule has 0 fully saturated rings. The van der Waals surface area contributed by atoms with Crippen LogP contribution >= 0.6 is 0 Å². The third kappa shape index (κ3) is 5.86. The Balaban J connectivity index is 1.24. The summed E-state index contributed by atoms with van der Waals surface area (Å²) < 4.78 is 43.2. The fraction of sp³-hybridized carbons (Fsp3) is 0.176. The molecule has 43 heavy (non-hydrogen) atoms. The number of hydrogen-bond acceptors (Lipinski definition) is 5. The van der Waals surface area contributed by atoms with Gasteiger partial charge in [0.1, 0.15) is 10.7 Å². The van der Waals surface area contributed by atoms with Gasteiger partial charge in [-0.15, -0.1) is 0 Å². The molecule has 0 bridgehead atoms. The van der Waals surface area contributed by atoms with Crippen molar-refractivity contribution in [1.29, 1.82) is 0 Å². The van der Waals surface area contributed by atoms with Crippen LogP contribution < -0.4 is 0 Å². The van der Waals surface area contributed by atoms with Gasteiger partial charge < -0.3 is 4.90 Å². The lowest BCUT2D eigenvalue weighted by atomic mass is 9.84. The molecule has 1 unspecified atom stereocenters. The average molecular weight is 595 g/mol. The molecule has 0 radical (unpaired) electrons. The number of pyridine rings is 1. The third-order valence-electron chi connectivity index (χ3n) is 7.79. The number of likely N-dealkylation sites (N-methyl/N-ethyl adjacent to an activating group) is 1. The van der Waals surface area contributed by atoms with Crippen molar-refractivity contribution >= 4 is 15.9 Å². The van der Waals surface area contributed by atoms with Gasteiger partial charge in [-0.05, 0) is 59.6 Å². The van der Waals surface area contributed by atoms with Crippen LogP contribution in [0.25, 0.3) is 11.3 Å². The molecule has 0 spiro atoms. The van der Waals surface area contributed by atoms with E-state index in [4.69, 9.17) is 0 Å². The van der Waals surface area contributed by atoms with Gasteiger partial charge in [0, 0.05) is 49.7 Å². The molecule has 9 heteroatoms. The molecule has 1 aliphatic heterocycles. The van der Waals surface area contributed by atoms with Gasteiger partial charge in [0.15, 0.2) is 0 Å². The maximum Gasteiger partial charge on any atom is 0.269 e. The molecule has 0 saturated heterocycles. The van der Waals surface area contributed by atoms with Gasteiger partial charge in [0.2, 0.25) is 5.91 Å². The predicted octanol–water partition coefficient (Wildman–Crippen LogP) is 5.53. The Morgan fingerprint density at radius 1 is 0.977 bits per heavy atom. The number of aromatic nitrogens is 2. The number of rotatable bonds is 8. The number of nitrogens with zero attached hydrogens (tertiary/aromatic N) is 4. The number of carbonyl (C=O) groups is 1. The number of benzene rings is 3. The zero-order chi connectivity index (χ0) is 30.0. The van der Waals surface area contributed by atoms with E-state index in [1.807, 2.05) is 47.2 Å². The Hall–Kier alpha value is -4.60. The number of fused-ring (bicyclic) bond motifs is 1. The van der Waals surface area contributed by atoms with E-state index in [2.05, 4.69) is 29.2 Å². The van der Waals surface area contributed by atoms with E-state index in [-0.39, 0.29) is 41.1 Å². The third-order valence-corrected chi connectivity index (χ3v) is 9.45. The highest BCUT2D eigenvalue weighted by Crippen LogP contribution is 2.34. The largest absolute Gasteiger partial charge is 0.336 e. The second-order valence-electron chi connectivity index (χ2n) is 10.8. The smallest absolute Gasteiger partial charge is 0.269 e. The monoisotopic (exact) mass is 594 g/mol. The van der Waals surface area contributed by atoms with Gasteiger partial charge in [-0.25, -0.2) is 16.8 Å². The molecule has 2 aromatic heterocycles. The molecule has 3 heterocycles. The molecule has 1 amide bonds. The zero-order valence-corrected chi connectivity index (χ0v) is 24.5. The van der Waals surface area contributed by atoms with Crippen molar-refractivity contribution in [2.45, 2.75) is 23.9 Å². The minimum Gasteiger partial charge on any atom is -0.336 e. The molecule has 218 valence electrons. The minimum absolute atomic E-state index is 0.00313. The van der Waals surface area contributed by atoms with E-state index in [1.54, 1.807) is 30.3 Å². The summed E-state index contributed by atoms with van der Waals surface area (Å²) in [6, 6.07) is 29.2. The van der Waals surface area contributed by atoms with Crippen molar-refractivity contribution in [2.75, 3.05) is 20.1 Å². The van der Waals surface area contributed by atoms with Gasteiger partial charge in [-0.2, -0.15) is 0 Å². The van der Waals surface area contributed by atoms with Crippen molar-refractivity contribution < 1.29 is 17.6 Å². The van der Waals surface area contributed by atoms with Crippen LogP contribution in [-0.4, -0.2) is 53.2 Å². The number of hydrogen-bond donors (Lipinski definition) is 0. The minimum atomic E-state index is -4.06. The molecule has 1 aliphatic rings. The molecule has 0 saturated carbocycles. The summed E-state index contributed by atoms with van der Waals surface area (Å²) in [5.74, 6) is -0.471. The lowest BCUT2D eigenvalue weighted by Gasteiger charge is -2.36. The van der Waals surface area contributed by atoms with Gasteiger partial charge in [0.05, 0.1) is 12.2 Å². The van der Waals surface area contributed by atoms with Crippen LogP contribution in [0, 0.1) is 5.82 Å². The Morgan fingerprint density at radius 3 is 2.49 bits per heavy atom. The molecular weight excluding hydrogens is 563 g/mol. The first-order valence-electron chi connectivity index (χ1n) is 14.0. The van der Waals surface area contributed by atoms with Gasteiger partial charge in [-0.3, -0.25) is 14.7 Å². The number of halogens is 1. The summed E-state index contributed by atoms with van der Waals surface area (Å²) in [6.07, 6.45) is 4.25. The highest BCUT2D eigenvalue weighted by molar-refractivity contribution is 7.90. The first-order valence-corrected chi connectivity index (χ1v) is 15.5. The molecule has 1 atom stereocenters. The summed E-state index contributed by atoms with van der Waals surface area (Å²) in [5, 5.41) is 0. The lowest BCUT2D eigenvalue weighted by Crippen LogP contribution is -2.43. The van der Waals surface area contributed by atoms with Crippen molar-refractivity contribution in [1.82, 2.24) is 18.8 Å². The van der Waals surface area contributed by atoms with Gasteiger partial charge in [0.25, 0.3) is 10.0 Å². The number of carbonyl (C=O) groups excluding carboxylic acids is 1. The molecular formula is C34H31FN4O3S. The first-order chi connectivity index (χ1) is 20.8. The fourth-order valence-corrected chi connectivity index (χ4v) is 7.08. The quantitative estimate of drug-likeness (QED) is 0.236. The Labute approximate surface area is 250 Å². The fourth-order valence-electron chi connectivity index (χ4n) is 5.73. The standard InChI is InChI=1S/C34H31FN4O3S/c1-37(24-34(40)38-22-27-12-5-6-14-29(27)31(23-38)26-10-3-2-4-11-26)20-25-18-33(30-15-7-8-16-32(30)35)39(21-25)43(41,42)28-13-9-17-36-19-28/h2-19,21,31H,20,22-24H2,1H3. The van der Waals surface area contributed by atoms with E-state index in [0.717, 1.165) is 15.1 Å². The summed E-state index contributed by atoms with van der Waals surface area (Å²) in [6.45, 7) is 1.53. The molecule has 0 aliphatic carbocycles. The van der Waals surface area contributed by atoms with Crippen LogP contribution in [0.4, 0.5) is 4.39 Å². The summed E-state index contributed by atoms with van der Waals surface area (Å²) in [5.41, 5.74) is 4.53. The Morgan fingerprint density at radius 2 is 1.72 bits per heavy atom. The van der Waals surface area contributed by atoms with Crippen LogP contribution in [0.2, 0.25) is 0 Å². The van der Waals surface area contributed by atoms with Crippen LogP contribution in [0.15, 0.2) is 121 Å². The second-order valence-corrected chi connectivity index (χ2v) is 12.6.